The summed E-state index contributed by atoms with van der Waals surface area (Å²) in [5, 5.41) is -0.669. The van der Waals surface area contributed by atoms with E-state index in [2.05, 4.69) is 15.0 Å². The Morgan fingerprint density at radius 3 is 2.62 bits per heavy atom. The highest BCUT2D eigenvalue weighted by atomic mass is 32.2. The van der Waals surface area contributed by atoms with Crippen LogP contribution in [0.15, 0.2) is 59.3 Å². The highest BCUT2D eigenvalue weighted by molar-refractivity contribution is 8.01. The fraction of sp³-hybridized carbons (Fsp3) is 0.381. The molecule has 0 radical (unpaired) electrons. The Morgan fingerprint density at radius 1 is 1.25 bits per heavy atom. The number of rotatable bonds is 4. The molecule has 3 N–H and O–H groups in total. The molecule has 11 heteroatoms. The Labute approximate surface area is 185 Å². The number of thioether (sulfide) groups is 1. The van der Waals surface area contributed by atoms with Gasteiger partial charge in [0.2, 0.25) is 0 Å². The third-order valence-electron chi connectivity index (χ3n) is 5.48. The molecule has 0 amide bonds. The Balaban J connectivity index is 1.74. The third kappa shape index (κ3) is 4.31. The number of aromatic nitrogens is 3. The topological polar surface area (TPSA) is 87.9 Å². The van der Waals surface area contributed by atoms with Crippen molar-refractivity contribution in [1.82, 2.24) is 19.9 Å². The maximum absolute atomic E-state index is 14.2. The lowest BCUT2D eigenvalue weighted by Gasteiger charge is -2.43. The lowest BCUT2D eigenvalue weighted by molar-refractivity contribution is -0.153. The minimum Gasteiger partial charge on any atom is -0.361 e. The number of nitrogens with one attached hydrogen (secondary N) is 1. The van der Waals surface area contributed by atoms with Crippen molar-refractivity contribution >= 4 is 11.8 Å². The smallest absolute Gasteiger partial charge is 0.361 e. The number of alkyl halides is 3. The van der Waals surface area contributed by atoms with Crippen molar-refractivity contribution in [1.29, 1.82) is 0 Å². The van der Waals surface area contributed by atoms with E-state index < -0.39 is 33.8 Å². The van der Waals surface area contributed by atoms with Crippen molar-refractivity contribution in [2.75, 3.05) is 6.54 Å². The van der Waals surface area contributed by atoms with Gasteiger partial charge in [0.1, 0.15) is 18.0 Å². The molecule has 1 aromatic heterocycles. The third-order valence-corrected chi connectivity index (χ3v) is 6.90. The van der Waals surface area contributed by atoms with E-state index in [1.165, 1.54) is 18.2 Å². The van der Waals surface area contributed by atoms with Crippen molar-refractivity contribution in [2.45, 2.75) is 35.7 Å². The number of aromatic amines is 1. The molecular formula is C21H21F4N5OS. The van der Waals surface area contributed by atoms with E-state index in [1.807, 2.05) is 19.1 Å². The van der Waals surface area contributed by atoms with Crippen LogP contribution in [0.5, 0.6) is 0 Å². The van der Waals surface area contributed by atoms with E-state index in [1.54, 1.807) is 17.0 Å². The fourth-order valence-electron chi connectivity index (χ4n) is 3.97. The molecule has 32 heavy (non-hydrogen) atoms. The molecule has 0 saturated carbocycles. The first-order chi connectivity index (χ1) is 15.1. The second-order valence-electron chi connectivity index (χ2n) is 7.91. The van der Waals surface area contributed by atoms with Crippen LogP contribution in [0.4, 0.5) is 17.6 Å². The largest absolute Gasteiger partial charge is 0.421 e. The molecule has 6 nitrogen and oxygen atoms in total. The molecule has 2 aromatic rings. The average molecular weight is 467 g/mol. The quantitative estimate of drug-likeness (QED) is 0.530. The van der Waals surface area contributed by atoms with Gasteiger partial charge in [0.05, 0.1) is 11.7 Å². The summed E-state index contributed by atoms with van der Waals surface area (Å²) in [6, 6.07) is 5.16. The van der Waals surface area contributed by atoms with Crippen LogP contribution >= 0.6 is 11.8 Å². The molecule has 4 unspecified atom stereocenters. The molecule has 0 saturated heterocycles. The predicted octanol–water partition coefficient (Wildman–Crippen LogP) is 3.31. The van der Waals surface area contributed by atoms with E-state index in [-0.39, 0.29) is 23.9 Å². The second-order valence-corrected chi connectivity index (χ2v) is 9.39. The molecule has 1 aromatic carbocycles. The van der Waals surface area contributed by atoms with Gasteiger partial charge in [-0.2, -0.15) is 18.2 Å². The number of H-pyrrole nitrogens is 1. The molecule has 3 heterocycles. The van der Waals surface area contributed by atoms with Crippen molar-refractivity contribution < 1.29 is 17.6 Å². The fourth-order valence-corrected chi connectivity index (χ4v) is 5.33. The lowest BCUT2D eigenvalue weighted by atomic mass is 9.94. The normalized spacial score (nSPS) is 28.1. The molecule has 4 atom stereocenters. The summed E-state index contributed by atoms with van der Waals surface area (Å²) < 4.78 is 56.2. The van der Waals surface area contributed by atoms with E-state index in [0.29, 0.717) is 23.9 Å². The summed E-state index contributed by atoms with van der Waals surface area (Å²) in [5.74, 6) is -0.203. The maximum atomic E-state index is 14.2. The molecule has 2 aliphatic heterocycles. The zero-order valence-electron chi connectivity index (χ0n) is 17.0. The van der Waals surface area contributed by atoms with Gasteiger partial charge in [-0.1, -0.05) is 31.2 Å². The SMILES string of the molecule is CC1C=CC(c2ccc(F)cc2)N(C2=CC(Cc3ncnc(=O)[nH]3)SC2(N)C(F)(F)F)C1. The maximum Gasteiger partial charge on any atom is 0.421 e. The van der Waals surface area contributed by atoms with Crippen molar-refractivity contribution in [3.05, 3.63) is 82.2 Å². The molecule has 0 fully saturated rings. The van der Waals surface area contributed by atoms with Gasteiger partial charge in [-0.05, 0) is 29.7 Å². The Hall–Kier alpha value is -2.66. The van der Waals surface area contributed by atoms with Crippen molar-refractivity contribution in [2.24, 2.45) is 11.7 Å². The number of nitrogens with two attached hydrogens (primary N) is 1. The molecule has 4 rings (SSSR count). The summed E-state index contributed by atoms with van der Waals surface area (Å²) in [7, 11) is 0. The molecule has 0 spiro atoms. The van der Waals surface area contributed by atoms with Gasteiger partial charge in [-0.25, -0.2) is 14.2 Å². The van der Waals surface area contributed by atoms with Gasteiger partial charge in [0.15, 0.2) is 4.87 Å². The van der Waals surface area contributed by atoms with Crippen LogP contribution in [0.3, 0.4) is 0 Å². The summed E-state index contributed by atoms with van der Waals surface area (Å²) >= 11 is 0.575. The summed E-state index contributed by atoms with van der Waals surface area (Å²) in [5.41, 5.74) is 6.02. The number of nitrogens with zero attached hydrogens (tertiary/aromatic N) is 3. The lowest BCUT2D eigenvalue weighted by Crippen LogP contribution is -2.55. The molecule has 0 bridgehead atoms. The van der Waals surface area contributed by atoms with E-state index in [4.69, 9.17) is 5.73 Å². The number of hydrogen-bond acceptors (Lipinski definition) is 6. The average Bonchev–Trinajstić information content (AvgIpc) is 3.06. The summed E-state index contributed by atoms with van der Waals surface area (Å²) in [4.78, 5) is 20.3. The first-order valence-corrected chi connectivity index (χ1v) is 10.8. The van der Waals surface area contributed by atoms with Gasteiger partial charge >= 0.3 is 11.9 Å². The molecule has 2 aliphatic rings. The number of halogens is 4. The van der Waals surface area contributed by atoms with Gasteiger partial charge in [0, 0.05) is 18.2 Å². The minimum atomic E-state index is -4.73. The van der Waals surface area contributed by atoms with Crippen LogP contribution in [0, 0.1) is 11.7 Å². The highest BCUT2D eigenvalue weighted by Crippen LogP contribution is 2.53. The minimum absolute atomic E-state index is 0.00708. The van der Waals surface area contributed by atoms with E-state index in [0.717, 1.165) is 6.33 Å². The zero-order chi connectivity index (χ0) is 23.1. The molecular weight excluding hydrogens is 446 g/mol. The Bertz CT molecular complexity index is 1100. The van der Waals surface area contributed by atoms with E-state index in [9.17, 15) is 22.4 Å². The van der Waals surface area contributed by atoms with Crippen LogP contribution in [0.1, 0.15) is 24.4 Å². The van der Waals surface area contributed by atoms with Gasteiger partial charge in [-0.3, -0.25) is 4.98 Å². The Kier molecular flexibility index (Phi) is 5.89. The van der Waals surface area contributed by atoms with Crippen LogP contribution in [0.2, 0.25) is 0 Å². The predicted molar refractivity (Wildman–Crippen MR) is 113 cm³/mol. The monoisotopic (exact) mass is 467 g/mol. The van der Waals surface area contributed by atoms with E-state index >= 15 is 0 Å². The standard InChI is InChI=1S/C21H21F4N5OS/c1-12-2-7-16(13-3-5-14(22)6-4-13)30(10-12)17-8-15(32-20(17,26)21(23,24)25)9-18-27-11-28-19(31)29-18/h2-8,11-12,15-16H,9-10,26H2,1H3,(H,27,28,29,31). The second kappa shape index (κ2) is 8.36. The Morgan fingerprint density at radius 2 is 1.97 bits per heavy atom. The van der Waals surface area contributed by atoms with Crippen LogP contribution in [0.25, 0.3) is 0 Å². The number of benzene rings is 1. The van der Waals surface area contributed by atoms with Gasteiger partial charge in [-0.15, -0.1) is 11.8 Å². The van der Waals surface area contributed by atoms with Crippen LogP contribution in [-0.4, -0.2) is 42.7 Å². The summed E-state index contributed by atoms with van der Waals surface area (Å²) in [6.45, 7) is 2.22. The van der Waals surface area contributed by atoms with Gasteiger partial charge in [0.25, 0.3) is 0 Å². The van der Waals surface area contributed by atoms with Crippen molar-refractivity contribution in [3.8, 4) is 0 Å². The first kappa shape index (κ1) is 22.5. The molecule has 170 valence electrons. The molecule has 0 aliphatic carbocycles. The first-order valence-electron chi connectivity index (χ1n) is 9.93. The van der Waals surface area contributed by atoms with Gasteiger partial charge < -0.3 is 10.6 Å². The highest BCUT2D eigenvalue weighted by Gasteiger charge is 2.61. The zero-order valence-corrected chi connectivity index (χ0v) is 17.8. The van der Waals surface area contributed by atoms with Crippen LogP contribution in [-0.2, 0) is 6.42 Å². The summed E-state index contributed by atoms with van der Waals surface area (Å²) in [6.07, 6.45) is 1.65. The van der Waals surface area contributed by atoms with Crippen LogP contribution < -0.4 is 11.4 Å². The number of hydrogen-bond donors (Lipinski definition) is 2. The van der Waals surface area contributed by atoms with Crippen molar-refractivity contribution in [3.63, 3.8) is 0 Å².